The number of nitrogens with one attached hydrogen (secondary N) is 2. The number of benzene rings is 2. The molecule has 0 aliphatic carbocycles. The highest BCUT2D eigenvalue weighted by atomic mass is 16.3. The van der Waals surface area contributed by atoms with Crippen molar-refractivity contribution >= 4 is 17.6 Å². The van der Waals surface area contributed by atoms with E-state index in [4.69, 9.17) is 4.42 Å². The normalized spacial score (nSPS) is 16.1. The van der Waals surface area contributed by atoms with Crippen molar-refractivity contribution in [3.05, 3.63) is 78.3 Å². The summed E-state index contributed by atoms with van der Waals surface area (Å²) in [6, 6.07) is 16.1. The predicted octanol–water partition coefficient (Wildman–Crippen LogP) is 2.30. The number of carbonyl (C=O) groups excluding carboxylic acids is 2. The summed E-state index contributed by atoms with van der Waals surface area (Å²) in [4.78, 5) is 28.5. The number of amidine groups is 1. The first-order valence-electron chi connectivity index (χ1n) is 7.95. The molecule has 0 fully saturated rings. The van der Waals surface area contributed by atoms with Gasteiger partial charge in [-0.3, -0.25) is 9.59 Å². The summed E-state index contributed by atoms with van der Waals surface area (Å²) < 4.78 is 5.23. The van der Waals surface area contributed by atoms with E-state index in [1.165, 1.54) is 6.39 Å². The molecule has 7 nitrogen and oxygen atoms in total. The Labute approximate surface area is 148 Å². The first-order valence-corrected chi connectivity index (χ1v) is 7.95. The summed E-state index contributed by atoms with van der Waals surface area (Å²) in [5.41, 5.74) is 4.45. The molecule has 0 saturated heterocycles. The van der Waals surface area contributed by atoms with Gasteiger partial charge in [-0.2, -0.15) is 5.10 Å². The van der Waals surface area contributed by atoms with Crippen molar-refractivity contribution in [3.8, 4) is 11.3 Å². The number of hydrazone groups is 1. The second-order valence-corrected chi connectivity index (χ2v) is 5.71. The molecule has 3 aromatic rings. The summed E-state index contributed by atoms with van der Waals surface area (Å²) in [5, 5.41) is 6.68. The topological polar surface area (TPSA) is 96.6 Å². The lowest BCUT2D eigenvalue weighted by atomic mass is 9.97. The van der Waals surface area contributed by atoms with Crippen LogP contribution in [0, 0.1) is 0 Å². The molecular weight excluding hydrogens is 332 g/mol. The van der Waals surface area contributed by atoms with Crippen molar-refractivity contribution in [1.82, 2.24) is 15.7 Å². The molecule has 0 bridgehead atoms. The number of hydrogen-bond acceptors (Lipinski definition) is 5. The minimum absolute atomic E-state index is 0.271. The van der Waals surface area contributed by atoms with Gasteiger partial charge < -0.3 is 9.73 Å². The molecule has 128 valence electrons. The first kappa shape index (κ1) is 15.8. The summed E-state index contributed by atoms with van der Waals surface area (Å²) in [7, 11) is 0. The summed E-state index contributed by atoms with van der Waals surface area (Å²) >= 11 is 0. The first-order chi connectivity index (χ1) is 12.7. The van der Waals surface area contributed by atoms with E-state index >= 15 is 0 Å². The highest BCUT2D eigenvalue weighted by Crippen LogP contribution is 2.21. The Balaban J connectivity index is 1.51. The predicted molar refractivity (Wildman–Crippen MR) is 94.2 cm³/mol. The van der Waals surface area contributed by atoms with Crippen LogP contribution >= 0.6 is 0 Å². The maximum atomic E-state index is 12.5. The number of carbonyl (C=O) groups is 2. The summed E-state index contributed by atoms with van der Waals surface area (Å²) in [6.07, 6.45) is 2.95. The van der Waals surface area contributed by atoms with Crippen LogP contribution in [-0.4, -0.2) is 22.6 Å². The van der Waals surface area contributed by atoms with E-state index in [0.717, 1.165) is 11.1 Å². The molecule has 4 rings (SSSR count). The highest BCUT2D eigenvalue weighted by Gasteiger charge is 2.32. The number of rotatable bonds is 3. The fourth-order valence-electron chi connectivity index (χ4n) is 2.76. The molecule has 2 aromatic carbocycles. The Kier molecular flexibility index (Phi) is 4.03. The molecule has 26 heavy (non-hydrogen) atoms. The second kappa shape index (κ2) is 6.64. The van der Waals surface area contributed by atoms with Crippen LogP contribution in [0.5, 0.6) is 0 Å². The monoisotopic (exact) mass is 346 g/mol. The molecule has 0 unspecified atom stereocenters. The Morgan fingerprint density at radius 3 is 2.54 bits per heavy atom. The van der Waals surface area contributed by atoms with Crippen LogP contribution in [-0.2, 0) is 4.79 Å². The molecule has 7 heteroatoms. The minimum atomic E-state index is -0.631. The van der Waals surface area contributed by atoms with E-state index in [1.807, 2.05) is 30.3 Å². The number of hydrogen-bond donors (Lipinski definition) is 2. The van der Waals surface area contributed by atoms with Crippen molar-refractivity contribution in [2.45, 2.75) is 5.92 Å². The van der Waals surface area contributed by atoms with E-state index < -0.39 is 5.92 Å². The van der Waals surface area contributed by atoms with Gasteiger partial charge >= 0.3 is 0 Å². The summed E-state index contributed by atoms with van der Waals surface area (Å²) in [5.74, 6) is -0.340. The maximum Gasteiger partial charge on any atom is 0.256 e. The van der Waals surface area contributed by atoms with Gasteiger partial charge in [0.2, 0.25) is 0 Å². The lowest BCUT2D eigenvalue weighted by Gasteiger charge is -2.12. The van der Waals surface area contributed by atoms with Gasteiger partial charge in [0.25, 0.3) is 11.8 Å². The SMILES string of the molecule is O=C(NC1=NNC(=O)[C@H]1c1ccccc1)c1ccc(-c2cnco2)cc1. The van der Waals surface area contributed by atoms with Crippen molar-refractivity contribution in [2.24, 2.45) is 5.10 Å². The zero-order valence-corrected chi connectivity index (χ0v) is 13.5. The van der Waals surface area contributed by atoms with Gasteiger partial charge in [-0.25, -0.2) is 10.4 Å². The molecule has 1 aromatic heterocycles. The minimum Gasteiger partial charge on any atom is -0.444 e. The molecule has 0 spiro atoms. The Morgan fingerprint density at radius 1 is 1.08 bits per heavy atom. The highest BCUT2D eigenvalue weighted by molar-refractivity contribution is 6.18. The zero-order valence-electron chi connectivity index (χ0n) is 13.5. The molecule has 1 aliphatic rings. The average molecular weight is 346 g/mol. The van der Waals surface area contributed by atoms with Gasteiger partial charge in [0.1, 0.15) is 11.8 Å². The lowest BCUT2D eigenvalue weighted by Crippen LogP contribution is -2.35. The van der Waals surface area contributed by atoms with Crippen LogP contribution in [0.2, 0.25) is 0 Å². The molecule has 2 amide bonds. The molecule has 0 radical (unpaired) electrons. The van der Waals surface area contributed by atoms with Crippen LogP contribution in [0.15, 0.2) is 76.7 Å². The molecule has 0 saturated carbocycles. The van der Waals surface area contributed by atoms with Crippen LogP contribution in [0.1, 0.15) is 21.8 Å². The Bertz CT molecular complexity index is 964. The maximum absolute atomic E-state index is 12.5. The molecule has 2 N–H and O–H groups in total. The Morgan fingerprint density at radius 2 is 1.85 bits per heavy atom. The third-order valence-electron chi connectivity index (χ3n) is 4.06. The van der Waals surface area contributed by atoms with E-state index in [-0.39, 0.29) is 17.6 Å². The average Bonchev–Trinajstić information content (AvgIpc) is 3.33. The molecule has 1 atom stereocenters. The summed E-state index contributed by atoms with van der Waals surface area (Å²) in [6.45, 7) is 0. The van der Waals surface area contributed by atoms with Gasteiger partial charge in [0.15, 0.2) is 12.2 Å². The van der Waals surface area contributed by atoms with Gasteiger partial charge in [0, 0.05) is 11.1 Å². The third kappa shape index (κ3) is 2.98. The molecule has 1 aliphatic heterocycles. The third-order valence-corrected chi connectivity index (χ3v) is 4.06. The van der Waals surface area contributed by atoms with Crippen molar-refractivity contribution in [1.29, 1.82) is 0 Å². The standard InChI is InChI=1S/C19H14N4O3/c24-18(14-8-6-12(7-9-14)15-10-20-11-26-15)21-17-16(19(25)23-22-17)13-4-2-1-3-5-13/h1-11,16H,(H,23,25)(H,21,22,24)/t16-/m0/s1. The van der Waals surface area contributed by atoms with Gasteiger partial charge in [-0.05, 0) is 17.7 Å². The number of nitrogens with zero attached hydrogens (tertiary/aromatic N) is 2. The van der Waals surface area contributed by atoms with E-state index in [2.05, 4.69) is 20.8 Å². The lowest BCUT2D eigenvalue weighted by molar-refractivity contribution is -0.120. The van der Waals surface area contributed by atoms with Gasteiger partial charge in [-0.1, -0.05) is 42.5 Å². The second-order valence-electron chi connectivity index (χ2n) is 5.71. The smallest absolute Gasteiger partial charge is 0.256 e. The van der Waals surface area contributed by atoms with E-state index in [1.54, 1.807) is 30.5 Å². The van der Waals surface area contributed by atoms with Crippen LogP contribution in [0.3, 0.4) is 0 Å². The molecular formula is C19H14N4O3. The van der Waals surface area contributed by atoms with Crippen molar-refractivity contribution < 1.29 is 14.0 Å². The van der Waals surface area contributed by atoms with E-state index in [9.17, 15) is 9.59 Å². The largest absolute Gasteiger partial charge is 0.444 e. The quantitative estimate of drug-likeness (QED) is 0.760. The van der Waals surface area contributed by atoms with Crippen LogP contribution in [0.4, 0.5) is 0 Å². The van der Waals surface area contributed by atoms with E-state index in [0.29, 0.717) is 11.3 Å². The van der Waals surface area contributed by atoms with Crippen LogP contribution < -0.4 is 10.7 Å². The zero-order chi connectivity index (χ0) is 17.9. The Hall–Kier alpha value is -3.74. The number of oxazole rings is 1. The van der Waals surface area contributed by atoms with Crippen molar-refractivity contribution in [3.63, 3.8) is 0 Å². The number of aromatic nitrogens is 1. The van der Waals surface area contributed by atoms with Crippen LogP contribution in [0.25, 0.3) is 11.3 Å². The van der Waals surface area contributed by atoms with Gasteiger partial charge in [0.05, 0.1) is 6.20 Å². The fourth-order valence-corrected chi connectivity index (χ4v) is 2.76. The molecule has 2 heterocycles. The van der Waals surface area contributed by atoms with Crippen molar-refractivity contribution in [2.75, 3.05) is 0 Å². The fraction of sp³-hybridized carbons (Fsp3) is 0.0526. The van der Waals surface area contributed by atoms with Gasteiger partial charge in [-0.15, -0.1) is 0 Å². The number of amides is 2.